The zero-order valence-electron chi connectivity index (χ0n) is 16.8. The average Bonchev–Trinajstić information content (AvgIpc) is 2.73. The minimum Gasteiger partial charge on any atom is -0.337 e. The van der Waals surface area contributed by atoms with E-state index in [1.54, 1.807) is 42.2 Å². The molecular weight excluding hydrogens is 406 g/mol. The van der Waals surface area contributed by atoms with Gasteiger partial charge in [-0.05, 0) is 43.2 Å². The molecule has 1 aliphatic rings. The van der Waals surface area contributed by atoms with E-state index in [0.29, 0.717) is 16.0 Å². The first-order valence-electron chi connectivity index (χ1n) is 9.48. The molecule has 0 aromatic heterocycles. The van der Waals surface area contributed by atoms with Crippen LogP contribution in [0.15, 0.2) is 53.4 Å². The number of carbonyl (C=O) groups excluding carboxylic acids is 1. The summed E-state index contributed by atoms with van der Waals surface area (Å²) >= 11 is 0. The molecule has 0 spiro atoms. The van der Waals surface area contributed by atoms with Crippen LogP contribution in [0.5, 0.6) is 0 Å². The number of amides is 1. The summed E-state index contributed by atoms with van der Waals surface area (Å²) in [5.74, 6) is -0.308. The molecule has 1 fully saturated rings. The predicted molar refractivity (Wildman–Crippen MR) is 113 cm³/mol. The molecule has 30 heavy (non-hydrogen) atoms. The first kappa shape index (κ1) is 21.7. The largest absolute Gasteiger partial charge is 0.337 e. The number of hydrogen-bond acceptors (Lipinski definition) is 5. The highest BCUT2D eigenvalue weighted by atomic mass is 32.2. The molecule has 1 heterocycles. The third kappa shape index (κ3) is 4.58. The number of para-hydroxylation sites is 1. The predicted octanol–water partition coefficient (Wildman–Crippen LogP) is 2.76. The summed E-state index contributed by atoms with van der Waals surface area (Å²) in [6.07, 6.45) is 2.71. The molecule has 2 aromatic carbocycles. The van der Waals surface area contributed by atoms with E-state index in [9.17, 15) is 23.3 Å². The van der Waals surface area contributed by atoms with Gasteiger partial charge in [-0.15, -0.1) is 0 Å². The number of rotatable bonds is 5. The molecule has 9 heteroatoms. The van der Waals surface area contributed by atoms with Gasteiger partial charge >= 0.3 is 0 Å². The van der Waals surface area contributed by atoms with E-state index in [1.807, 2.05) is 13.0 Å². The van der Waals surface area contributed by atoms with E-state index in [2.05, 4.69) is 0 Å². The number of nitro groups is 1. The monoisotopic (exact) mass is 429 g/mol. The SMILES string of the molecule is Cc1ccc(C)c(S(=O)(=O)N2CCN(C(=O)/C=C/c3ccccc3[N+](=O)[O-])CC2)c1. The van der Waals surface area contributed by atoms with E-state index in [1.165, 1.54) is 22.5 Å². The Kier molecular flexibility index (Phi) is 6.33. The number of nitrogens with zero attached hydrogens (tertiary/aromatic N) is 3. The Balaban J connectivity index is 1.67. The van der Waals surface area contributed by atoms with E-state index in [4.69, 9.17) is 0 Å². The second-order valence-electron chi connectivity index (χ2n) is 7.15. The van der Waals surface area contributed by atoms with Gasteiger partial charge < -0.3 is 4.90 Å². The fourth-order valence-corrected chi connectivity index (χ4v) is 5.07. The highest BCUT2D eigenvalue weighted by Crippen LogP contribution is 2.23. The third-order valence-electron chi connectivity index (χ3n) is 5.05. The maximum absolute atomic E-state index is 13.0. The van der Waals surface area contributed by atoms with Gasteiger partial charge in [-0.1, -0.05) is 24.3 Å². The average molecular weight is 429 g/mol. The molecule has 1 amide bonds. The Hall–Kier alpha value is -3.04. The molecule has 0 radical (unpaired) electrons. The normalized spacial score (nSPS) is 15.5. The van der Waals surface area contributed by atoms with Crippen LogP contribution >= 0.6 is 0 Å². The Morgan fingerprint density at radius 1 is 1.07 bits per heavy atom. The lowest BCUT2D eigenvalue weighted by molar-refractivity contribution is -0.385. The van der Waals surface area contributed by atoms with E-state index in [-0.39, 0.29) is 37.8 Å². The van der Waals surface area contributed by atoms with Crippen molar-refractivity contribution in [2.45, 2.75) is 18.7 Å². The number of piperazine rings is 1. The molecule has 158 valence electrons. The molecule has 0 aliphatic carbocycles. The van der Waals surface area contributed by atoms with Gasteiger partial charge in [0.2, 0.25) is 15.9 Å². The highest BCUT2D eigenvalue weighted by molar-refractivity contribution is 7.89. The van der Waals surface area contributed by atoms with Gasteiger partial charge in [0.1, 0.15) is 0 Å². The molecule has 0 atom stereocenters. The quantitative estimate of drug-likeness (QED) is 0.413. The Morgan fingerprint density at radius 2 is 1.73 bits per heavy atom. The number of sulfonamides is 1. The fourth-order valence-electron chi connectivity index (χ4n) is 3.33. The van der Waals surface area contributed by atoms with Crippen LogP contribution in [-0.2, 0) is 14.8 Å². The Labute approximate surface area is 175 Å². The van der Waals surface area contributed by atoms with Crippen molar-refractivity contribution in [2.24, 2.45) is 0 Å². The molecule has 1 saturated heterocycles. The molecule has 0 saturated carbocycles. The fraction of sp³-hybridized carbons (Fsp3) is 0.286. The lowest BCUT2D eigenvalue weighted by atomic mass is 10.1. The van der Waals surface area contributed by atoms with Crippen molar-refractivity contribution in [1.29, 1.82) is 0 Å². The zero-order chi connectivity index (χ0) is 21.9. The van der Waals surface area contributed by atoms with Gasteiger partial charge in [0.25, 0.3) is 5.69 Å². The Bertz CT molecular complexity index is 1100. The minimum atomic E-state index is -3.63. The van der Waals surface area contributed by atoms with E-state index in [0.717, 1.165) is 5.56 Å². The second kappa shape index (κ2) is 8.76. The maximum Gasteiger partial charge on any atom is 0.276 e. The summed E-state index contributed by atoms with van der Waals surface area (Å²) in [6.45, 7) is 4.51. The molecule has 8 nitrogen and oxygen atoms in total. The van der Waals surface area contributed by atoms with Crippen LogP contribution in [0.25, 0.3) is 6.08 Å². The summed E-state index contributed by atoms with van der Waals surface area (Å²) < 4.78 is 27.4. The number of benzene rings is 2. The molecular formula is C21H23N3O5S. The van der Waals surface area contributed by atoms with Crippen LogP contribution in [0.3, 0.4) is 0 Å². The second-order valence-corrected chi connectivity index (χ2v) is 9.05. The molecule has 0 unspecified atom stereocenters. The van der Waals surface area contributed by atoms with Crippen molar-refractivity contribution in [3.8, 4) is 0 Å². The van der Waals surface area contributed by atoms with Crippen LogP contribution in [0.1, 0.15) is 16.7 Å². The summed E-state index contributed by atoms with van der Waals surface area (Å²) in [7, 11) is -3.63. The van der Waals surface area contributed by atoms with Gasteiger partial charge in [0, 0.05) is 38.3 Å². The number of hydrogen-bond donors (Lipinski definition) is 0. The maximum atomic E-state index is 13.0. The van der Waals surface area contributed by atoms with Crippen molar-refractivity contribution >= 4 is 27.7 Å². The lowest BCUT2D eigenvalue weighted by Gasteiger charge is -2.33. The van der Waals surface area contributed by atoms with Crippen molar-refractivity contribution in [3.63, 3.8) is 0 Å². The lowest BCUT2D eigenvalue weighted by Crippen LogP contribution is -2.50. The summed E-state index contributed by atoms with van der Waals surface area (Å²) in [5.41, 5.74) is 1.82. The summed E-state index contributed by atoms with van der Waals surface area (Å²) in [5, 5.41) is 11.1. The molecule has 1 aliphatic heterocycles. The molecule has 0 bridgehead atoms. The highest BCUT2D eigenvalue weighted by Gasteiger charge is 2.30. The van der Waals surface area contributed by atoms with Gasteiger partial charge in [0.15, 0.2) is 0 Å². The number of carbonyl (C=O) groups is 1. The van der Waals surface area contributed by atoms with Gasteiger partial charge in [-0.2, -0.15) is 4.31 Å². The Morgan fingerprint density at radius 3 is 2.40 bits per heavy atom. The van der Waals surface area contributed by atoms with Crippen molar-refractivity contribution in [1.82, 2.24) is 9.21 Å². The van der Waals surface area contributed by atoms with Crippen LogP contribution in [0, 0.1) is 24.0 Å². The van der Waals surface area contributed by atoms with Crippen LogP contribution in [-0.4, -0.2) is 54.6 Å². The summed E-state index contributed by atoms with van der Waals surface area (Å²) in [4.78, 5) is 24.9. The minimum absolute atomic E-state index is 0.0778. The van der Waals surface area contributed by atoms with Crippen LogP contribution in [0.2, 0.25) is 0 Å². The summed E-state index contributed by atoms with van der Waals surface area (Å²) in [6, 6.07) is 11.5. The van der Waals surface area contributed by atoms with Crippen LogP contribution in [0.4, 0.5) is 5.69 Å². The van der Waals surface area contributed by atoms with E-state index >= 15 is 0 Å². The molecule has 0 N–H and O–H groups in total. The molecule has 3 rings (SSSR count). The van der Waals surface area contributed by atoms with Gasteiger partial charge in [-0.3, -0.25) is 14.9 Å². The topological polar surface area (TPSA) is 101 Å². The van der Waals surface area contributed by atoms with Gasteiger partial charge in [0.05, 0.1) is 15.4 Å². The van der Waals surface area contributed by atoms with Crippen molar-refractivity contribution in [2.75, 3.05) is 26.2 Å². The van der Waals surface area contributed by atoms with Crippen LogP contribution < -0.4 is 0 Å². The smallest absolute Gasteiger partial charge is 0.276 e. The number of aryl methyl sites for hydroxylation is 2. The first-order chi connectivity index (χ1) is 14.2. The molecule has 2 aromatic rings. The van der Waals surface area contributed by atoms with Crippen molar-refractivity contribution < 1.29 is 18.1 Å². The zero-order valence-corrected chi connectivity index (χ0v) is 17.6. The van der Waals surface area contributed by atoms with E-state index < -0.39 is 14.9 Å². The van der Waals surface area contributed by atoms with Crippen molar-refractivity contribution in [3.05, 3.63) is 75.3 Å². The standard InChI is InChI=1S/C21H23N3O5S/c1-16-7-8-17(2)20(15-16)30(28,29)23-13-11-22(12-14-23)21(25)10-9-18-5-3-4-6-19(18)24(26)27/h3-10,15H,11-14H2,1-2H3/b10-9+. The number of nitro benzene ring substituents is 1. The third-order valence-corrected chi connectivity index (χ3v) is 7.09. The van der Waals surface area contributed by atoms with Gasteiger partial charge in [-0.25, -0.2) is 8.42 Å². The first-order valence-corrected chi connectivity index (χ1v) is 10.9.